The maximum Gasteiger partial charge on any atom is 0.410 e. The van der Waals surface area contributed by atoms with Crippen LogP contribution in [0.4, 0.5) is 4.79 Å². The van der Waals surface area contributed by atoms with Gasteiger partial charge < -0.3 is 167 Å². The third-order valence-corrected chi connectivity index (χ3v) is 29.3. The number of amides is 8. The van der Waals surface area contributed by atoms with Crippen molar-refractivity contribution in [3.05, 3.63) is 146 Å². The average Bonchev–Trinajstić information content (AvgIpc) is 0.750. The predicted octanol–water partition coefficient (Wildman–Crippen LogP) is 4.17. The summed E-state index contributed by atoms with van der Waals surface area (Å²) in [7, 11) is -9.53. The summed E-state index contributed by atoms with van der Waals surface area (Å²) >= 11 is 14.4. The van der Waals surface area contributed by atoms with Crippen molar-refractivity contribution in [3.63, 3.8) is 0 Å². The van der Waals surface area contributed by atoms with Crippen LogP contribution in [0.1, 0.15) is 187 Å². The largest absolute Gasteiger partial charge is 0.507 e. The van der Waals surface area contributed by atoms with Gasteiger partial charge in [0.25, 0.3) is 0 Å². The van der Waals surface area contributed by atoms with E-state index < -0.39 is 330 Å². The highest BCUT2D eigenvalue weighted by molar-refractivity contribution is 7.70. The van der Waals surface area contributed by atoms with Gasteiger partial charge in [0, 0.05) is 53.7 Å². The molecule has 6 aromatic rings. The van der Waals surface area contributed by atoms with Crippen molar-refractivity contribution in [3.8, 4) is 62.9 Å². The van der Waals surface area contributed by atoms with Gasteiger partial charge in [-0.25, -0.2) is 9.59 Å². The second-order valence-corrected chi connectivity index (χ2v) is 40.7. The first-order valence-electron chi connectivity index (χ1n) is 46.1. The second-order valence-electron chi connectivity index (χ2n) is 35.9. The number of benzene rings is 6. The van der Waals surface area contributed by atoms with Crippen molar-refractivity contribution in [2.45, 2.75) is 246 Å². The molecule has 0 aliphatic carbocycles. The van der Waals surface area contributed by atoms with Crippen LogP contribution >= 0.6 is 38.4 Å². The number of phenols is 3. The summed E-state index contributed by atoms with van der Waals surface area (Å²) in [6, 6.07) is 1.49. The Labute approximate surface area is 829 Å². The summed E-state index contributed by atoms with van der Waals surface area (Å²) in [6.07, 6.45) is -13.6. The van der Waals surface area contributed by atoms with Crippen LogP contribution in [0.3, 0.4) is 0 Å². The molecule has 2 saturated heterocycles. The van der Waals surface area contributed by atoms with Crippen molar-refractivity contribution in [1.29, 1.82) is 0 Å². The lowest BCUT2D eigenvalue weighted by atomic mass is 9.85. The summed E-state index contributed by atoms with van der Waals surface area (Å²) in [5, 5.41) is 141. The number of hydrogen-bond acceptors (Lipinski definition) is 33. The third kappa shape index (κ3) is 28.1. The minimum atomic E-state index is -5.48. The molecular weight excluding hydrogens is 1960 g/mol. The molecule has 8 amide bonds. The lowest BCUT2D eigenvalue weighted by Crippen LogP contribution is -2.65. The van der Waals surface area contributed by atoms with Gasteiger partial charge in [-0.2, -0.15) is 0 Å². The monoisotopic (exact) mass is 2080 g/mol. The van der Waals surface area contributed by atoms with Crippen LogP contribution in [0.25, 0.3) is 11.1 Å². The van der Waals surface area contributed by atoms with Gasteiger partial charge in [0.15, 0.2) is 35.3 Å². The van der Waals surface area contributed by atoms with Crippen molar-refractivity contribution < 1.29 is 170 Å². The molecule has 0 aromatic heterocycles. The van der Waals surface area contributed by atoms with Crippen molar-refractivity contribution in [2.24, 2.45) is 11.7 Å². The number of hydrogen-bond donors (Lipinski definition) is 24. The lowest BCUT2D eigenvalue weighted by Gasteiger charge is -2.48. The molecule has 7 heterocycles. The number of fused-ring (bicyclic) bond motifs is 15. The number of unbranched alkanes of at least 4 members (excludes halogenated alkanes) is 7. The number of ether oxygens (including phenoxy) is 8. The number of esters is 1. The standard InChI is InChI=1S/C93H119Cl2N11O35P2/c1-7-8-9-10-11-12-13-16-27-98-28-29-99-93(5)40-68(135-45(4)83(93)118)140-82-80(117)79(116)65(42-108)139-91(82)141-81-63-36-50-37-64(81)137-62-24-21-48(35-55(62)95)77(114)75-89(124)103-73(90(125)126)52-38-59(110)53(41-106(30-31-107)92(127)134-43-49-17-14-15-18-60(49)138-67(112)25-26-69(142(128,129)130)143(131,132)133)78(115)70(52)51-33-46(19-22-58(51)109)71(86(121)105-75)102-87(122)72(50)101-85(120)57(39-66(96)111)100-88(123)74(104-84(119)56(97-6)32-44(2)3)76(113)47-20-23-61(136-63)54(94)34-47/h14-15,17-24,31,33-38,44-45,56-57,65,68-69,71-77,79-80,82-83,91,97-99,108-110,113-118H,7-13,16,25-30,32,39-43H2,1-6H3,(H2,96,111)(H,100,123)(H,101,120)(H,102,122)(H,103,124)(H,104,119)(H,105,121)(H,125,126)(H2,128,129,130)(H2,131,132,133)/t45?,56?,57?,65?,68?,71?,72?,73-,74?,75?,76+,77-,79?,80?,82?,83?,91?,93?/m1/s1. The van der Waals surface area contributed by atoms with Crippen LogP contribution in [-0.4, -0.2) is 265 Å². The number of carbonyl (C=O) groups is 11. The molecule has 46 nitrogen and oxygen atoms in total. The van der Waals surface area contributed by atoms with Crippen LogP contribution < -0.4 is 72.5 Å². The molecule has 15 unspecified atom stereocenters. The number of halogens is 2. The molecule has 50 heteroatoms. The van der Waals surface area contributed by atoms with E-state index in [4.69, 9.17) is 66.8 Å². The number of para-hydroxylation sites is 1. The van der Waals surface area contributed by atoms with E-state index in [1.54, 1.807) is 27.7 Å². The molecule has 0 saturated carbocycles. The number of nitrogens with one attached hydrogen (secondary N) is 9. The van der Waals surface area contributed by atoms with Gasteiger partial charge in [-0.15, -0.1) is 0 Å². The Kier molecular flexibility index (Phi) is 38.8. The van der Waals surface area contributed by atoms with Crippen molar-refractivity contribution in [1.82, 2.24) is 52.8 Å². The van der Waals surface area contributed by atoms with E-state index in [2.05, 4.69) is 54.8 Å². The lowest BCUT2D eigenvalue weighted by molar-refractivity contribution is -0.334. The number of likely N-dealkylation sites (N-methyl/N-ethyl adjacent to an activating group) is 1. The van der Waals surface area contributed by atoms with E-state index in [1.807, 2.05) is 0 Å². The number of aliphatic carboxylic acids is 1. The molecular formula is C93H119Cl2N11O35P2. The first-order chi connectivity index (χ1) is 67.7. The number of aldehydes is 1. The Morgan fingerprint density at radius 2 is 1.31 bits per heavy atom. The van der Waals surface area contributed by atoms with Crippen LogP contribution in [0.15, 0.2) is 97.1 Å². The quantitative estimate of drug-likeness (QED) is 0.00850. The zero-order valence-electron chi connectivity index (χ0n) is 78.4. The highest BCUT2D eigenvalue weighted by Gasteiger charge is 2.53. The SMILES string of the molecule is CCCCCCCCCCNCCNC1(C)CC(OC2C(Oc3c4cc5cc3Oc3ccc(cc3Cl)[C@H](O)C(NC(=O)C(CC(C)C)NC)C(=O)NC(CC(N)=O)C(=O)NC5C(=O)NC3C(=O)NC(C(=O)N[C@@H](C(=O)O)c5cc(O)c(CN(CC=O)C(=O)OCc6ccccc6OC(=O)CCC(P(=O)(O)O)P(=O)(O)O)c(O)c5-c5cc3ccc5O)[C@H](O)c3ccc(c(Cl)c3)O4)OC(CO)C(O)C2O)OC(C)C1O. The fraction of sp³-hybridized carbons (Fsp3) is 0.495. The maximum atomic E-state index is 16.6. The molecule has 6 aromatic carbocycles. The zero-order chi connectivity index (χ0) is 105. The molecule has 7 aliphatic heterocycles. The molecule has 18 atom stereocenters. The number of aromatic hydroxyl groups is 3. The van der Waals surface area contributed by atoms with E-state index in [9.17, 15) is 109 Å². The molecule has 143 heavy (non-hydrogen) atoms. The number of aliphatic hydroxyl groups excluding tert-OH is 6. The molecule has 0 radical (unpaired) electrons. The Balaban J connectivity index is 1.06. The number of nitrogens with zero attached hydrogens (tertiary/aromatic N) is 1. The highest BCUT2D eigenvalue weighted by Crippen LogP contribution is 2.62. The van der Waals surface area contributed by atoms with E-state index in [0.717, 1.165) is 105 Å². The Bertz CT molecular complexity index is 5720. The molecule has 13 rings (SSSR count). The topological polar surface area (TPSA) is 717 Å². The van der Waals surface area contributed by atoms with Gasteiger partial charge in [0.05, 0.1) is 60.0 Å². The van der Waals surface area contributed by atoms with Gasteiger partial charge >= 0.3 is 33.2 Å². The van der Waals surface area contributed by atoms with Gasteiger partial charge in [0.2, 0.25) is 53.4 Å². The normalized spacial score (nSPS) is 24.4. The number of carbonyl (C=O) groups excluding carboxylic acids is 10. The summed E-state index contributed by atoms with van der Waals surface area (Å²) in [5.74, 6) is -20.0. The number of phenolic OH excluding ortho intramolecular Hbond substituents is 3. The van der Waals surface area contributed by atoms with Crippen LogP contribution in [0.5, 0.6) is 51.7 Å². The van der Waals surface area contributed by atoms with E-state index in [0.29, 0.717) is 24.1 Å². The number of primary amides is 1. The molecule has 7 aliphatic rings. The summed E-state index contributed by atoms with van der Waals surface area (Å²) in [4.78, 5) is 200. The minimum absolute atomic E-state index is 0.123. The molecule has 0 spiro atoms. The smallest absolute Gasteiger partial charge is 0.410 e. The summed E-state index contributed by atoms with van der Waals surface area (Å²) in [6.45, 7) is 6.61. The van der Waals surface area contributed by atoms with E-state index in [-0.39, 0.29) is 41.9 Å². The molecule has 780 valence electrons. The van der Waals surface area contributed by atoms with Crippen molar-refractivity contribution in [2.75, 3.05) is 39.8 Å². The Hall–Kier alpha value is -11.3. The summed E-state index contributed by atoms with van der Waals surface area (Å²) < 4.78 is 74.3. The highest BCUT2D eigenvalue weighted by atomic mass is 35.5. The van der Waals surface area contributed by atoms with Gasteiger partial charge in [-0.3, -0.25) is 52.4 Å². The molecule has 11 bridgehead atoms. The number of aliphatic hydroxyl groups is 6. The first kappa shape index (κ1) is 112. The first-order valence-corrected chi connectivity index (χ1v) is 50.2. The summed E-state index contributed by atoms with van der Waals surface area (Å²) in [5.41, 5.74) is -0.498. The van der Waals surface area contributed by atoms with E-state index in [1.165, 1.54) is 50.6 Å². The van der Waals surface area contributed by atoms with E-state index >= 15 is 24.0 Å². The van der Waals surface area contributed by atoms with Crippen LogP contribution in [-0.2, 0) is 89.2 Å². The third-order valence-electron chi connectivity index (χ3n) is 24.9. The van der Waals surface area contributed by atoms with Crippen LogP contribution in [0.2, 0.25) is 10.0 Å². The number of nitrogens with two attached hydrogens (primary N) is 1. The number of rotatable bonds is 38. The number of carboxylic acids is 1. The molecule has 25 N–H and O–H groups in total. The predicted molar refractivity (Wildman–Crippen MR) is 504 cm³/mol. The maximum absolute atomic E-state index is 16.6. The Morgan fingerprint density at radius 1 is 0.699 bits per heavy atom. The van der Waals surface area contributed by atoms with Crippen molar-refractivity contribution >= 4 is 104 Å². The Morgan fingerprint density at radius 3 is 1.92 bits per heavy atom. The molecule has 2 fully saturated rings. The van der Waals surface area contributed by atoms with Gasteiger partial charge in [0.1, 0.15) is 108 Å². The van der Waals surface area contributed by atoms with Gasteiger partial charge in [-0.05, 0) is 136 Å². The van der Waals surface area contributed by atoms with Gasteiger partial charge in [-0.1, -0.05) is 125 Å². The number of carboxylic acid groups (broad SMARTS) is 1. The van der Waals surface area contributed by atoms with Crippen LogP contribution in [0, 0.1) is 5.92 Å². The zero-order valence-corrected chi connectivity index (χ0v) is 81.7. The second kappa shape index (κ2) is 49.5. The fourth-order valence-corrected chi connectivity index (χ4v) is 20.2. The fourth-order valence-electron chi connectivity index (χ4n) is 17.2. The minimum Gasteiger partial charge on any atom is -0.507 e. The average molecular weight is 2080 g/mol.